The van der Waals surface area contributed by atoms with E-state index in [0.29, 0.717) is 6.54 Å². The Hall–Kier alpha value is -1.58. The number of carbonyl (C=O) groups is 2. The lowest BCUT2D eigenvalue weighted by molar-refractivity contribution is -0.126. The molecule has 4 nitrogen and oxygen atoms in total. The number of nitrogens with zero attached hydrogens (tertiary/aromatic N) is 1. The molecule has 0 atom stereocenters. The second kappa shape index (κ2) is 9.63. The molecule has 0 aliphatic carbocycles. The van der Waals surface area contributed by atoms with E-state index in [1.165, 1.54) is 18.6 Å². The molecule has 0 aromatic heterocycles. The summed E-state index contributed by atoms with van der Waals surface area (Å²) in [5.41, 5.74) is 0. The van der Waals surface area contributed by atoms with Crippen molar-refractivity contribution in [2.75, 3.05) is 19.6 Å². The Balaban J connectivity index is 0.000000325. The second-order valence-corrected chi connectivity index (χ2v) is 3.69. The van der Waals surface area contributed by atoms with Crippen molar-refractivity contribution in [2.45, 2.75) is 26.2 Å². The standard InChI is InChI=1S/C8H13NO.C5H9NO/c1-2-8(10)9-6-4-3-5-7-9;1-3-5(7)6-4-2/h2H,1,3-7H2;3H,1,4H2,2H3,(H,6,7). The Bertz CT molecular complexity index is 269. The summed E-state index contributed by atoms with van der Waals surface area (Å²) >= 11 is 0. The third kappa shape index (κ3) is 7.33. The molecule has 0 radical (unpaired) electrons. The molecule has 0 saturated carbocycles. The molecule has 1 fully saturated rings. The Labute approximate surface area is 103 Å². The van der Waals surface area contributed by atoms with Crippen LogP contribution in [0.3, 0.4) is 0 Å². The normalized spacial score (nSPS) is 14.1. The Morgan fingerprint density at radius 2 is 1.76 bits per heavy atom. The first-order chi connectivity index (χ1) is 8.15. The fourth-order valence-electron chi connectivity index (χ4n) is 1.49. The minimum absolute atomic E-state index is 0.0831. The van der Waals surface area contributed by atoms with Gasteiger partial charge in [0.1, 0.15) is 0 Å². The number of likely N-dealkylation sites (N-methyl/N-ethyl adjacent to an activating group) is 1. The van der Waals surface area contributed by atoms with Crippen molar-refractivity contribution >= 4 is 11.8 Å². The van der Waals surface area contributed by atoms with E-state index in [2.05, 4.69) is 18.5 Å². The lowest BCUT2D eigenvalue weighted by atomic mass is 10.1. The summed E-state index contributed by atoms with van der Waals surface area (Å²) in [6.45, 7) is 11.1. The monoisotopic (exact) mass is 238 g/mol. The maximum atomic E-state index is 11.0. The summed E-state index contributed by atoms with van der Waals surface area (Å²) in [5, 5.41) is 2.54. The smallest absolute Gasteiger partial charge is 0.245 e. The van der Waals surface area contributed by atoms with Gasteiger partial charge in [0.15, 0.2) is 0 Å². The van der Waals surface area contributed by atoms with Crippen LogP contribution in [0.15, 0.2) is 25.3 Å². The van der Waals surface area contributed by atoms with Crippen molar-refractivity contribution in [3.05, 3.63) is 25.3 Å². The summed E-state index contributed by atoms with van der Waals surface area (Å²) in [4.78, 5) is 23.0. The summed E-state index contributed by atoms with van der Waals surface area (Å²) in [5.74, 6) is -0.0257. The second-order valence-electron chi connectivity index (χ2n) is 3.69. The molecule has 1 aliphatic heterocycles. The van der Waals surface area contributed by atoms with E-state index in [-0.39, 0.29) is 11.8 Å². The van der Waals surface area contributed by atoms with Crippen LogP contribution < -0.4 is 5.32 Å². The van der Waals surface area contributed by atoms with E-state index >= 15 is 0 Å². The van der Waals surface area contributed by atoms with Gasteiger partial charge in [0.05, 0.1) is 0 Å². The predicted molar refractivity (Wildman–Crippen MR) is 69.5 cm³/mol. The topological polar surface area (TPSA) is 49.4 Å². The van der Waals surface area contributed by atoms with E-state index in [9.17, 15) is 9.59 Å². The van der Waals surface area contributed by atoms with Crippen molar-refractivity contribution in [3.8, 4) is 0 Å². The highest BCUT2D eigenvalue weighted by molar-refractivity contribution is 5.87. The number of hydrogen-bond donors (Lipinski definition) is 1. The average molecular weight is 238 g/mol. The minimum atomic E-state index is -0.109. The zero-order chi connectivity index (χ0) is 13.1. The fraction of sp³-hybridized carbons (Fsp3) is 0.538. The molecule has 0 spiro atoms. The first kappa shape index (κ1) is 15.4. The van der Waals surface area contributed by atoms with Gasteiger partial charge in [-0.1, -0.05) is 13.2 Å². The molecule has 0 bridgehead atoms. The van der Waals surface area contributed by atoms with E-state index in [1.807, 2.05) is 11.8 Å². The molecule has 96 valence electrons. The van der Waals surface area contributed by atoms with Gasteiger partial charge in [-0.3, -0.25) is 9.59 Å². The van der Waals surface area contributed by atoms with Gasteiger partial charge in [-0.15, -0.1) is 0 Å². The fourth-order valence-corrected chi connectivity index (χ4v) is 1.49. The maximum absolute atomic E-state index is 11.0. The van der Waals surface area contributed by atoms with Crippen LogP contribution in [0.1, 0.15) is 26.2 Å². The Morgan fingerprint density at radius 3 is 2.12 bits per heavy atom. The highest BCUT2D eigenvalue weighted by Gasteiger charge is 2.12. The largest absolute Gasteiger partial charge is 0.353 e. The van der Waals surface area contributed by atoms with E-state index in [0.717, 1.165) is 25.9 Å². The molecule has 1 heterocycles. The number of nitrogens with one attached hydrogen (secondary N) is 1. The first-order valence-corrected chi connectivity index (χ1v) is 5.97. The van der Waals surface area contributed by atoms with Gasteiger partial charge < -0.3 is 10.2 Å². The zero-order valence-corrected chi connectivity index (χ0v) is 10.6. The molecule has 0 aromatic carbocycles. The van der Waals surface area contributed by atoms with Gasteiger partial charge in [0.25, 0.3) is 0 Å². The number of piperidine rings is 1. The zero-order valence-electron chi connectivity index (χ0n) is 10.6. The van der Waals surface area contributed by atoms with Crippen molar-refractivity contribution in [1.29, 1.82) is 0 Å². The minimum Gasteiger partial charge on any atom is -0.353 e. The van der Waals surface area contributed by atoms with Crippen LogP contribution in [-0.2, 0) is 9.59 Å². The molecule has 1 saturated heterocycles. The average Bonchev–Trinajstić information content (AvgIpc) is 2.39. The molecule has 0 aromatic rings. The van der Waals surface area contributed by atoms with Crippen molar-refractivity contribution in [2.24, 2.45) is 0 Å². The molecule has 0 unspecified atom stereocenters. The van der Waals surface area contributed by atoms with Crippen LogP contribution in [0, 0.1) is 0 Å². The molecule has 1 rings (SSSR count). The molecule has 4 heteroatoms. The number of amides is 2. The molecule has 2 amide bonds. The Morgan fingerprint density at radius 1 is 1.18 bits per heavy atom. The third-order valence-corrected chi connectivity index (χ3v) is 2.38. The summed E-state index contributed by atoms with van der Waals surface area (Å²) in [6.07, 6.45) is 6.22. The highest BCUT2D eigenvalue weighted by Crippen LogP contribution is 2.08. The van der Waals surface area contributed by atoms with Crippen molar-refractivity contribution in [1.82, 2.24) is 10.2 Å². The van der Waals surface area contributed by atoms with Gasteiger partial charge >= 0.3 is 0 Å². The van der Waals surface area contributed by atoms with Gasteiger partial charge in [0.2, 0.25) is 11.8 Å². The first-order valence-electron chi connectivity index (χ1n) is 5.97. The summed E-state index contributed by atoms with van der Waals surface area (Å²) < 4.78 is 0. The summed E-state index contributed by atoms with van der Waals surface area (Å²) in [6, 6.07) is 0. The molecular weight excluding hydrogens is 216 g/mol. The predicted octanol–water partition coefficient (Wildman–Crippen LogP) is 1.49. The highest BCUT2D eigenvalue weighted by atomic mass is 16.2. The van der Waals surface area contributed by atoms with Crippen LogP contribution in [0.25, 0.3) is 0 Å². The van der Waals surface area contributed by atoms with E-state index in [4.69, 9.17) is 0 Å². The lowest BCUT2D eigenvalue weighted by Gasteiger charge is -2.25. The lowest BCUT2D eigenvalue weighted by Crippen LogP contribution is -2.34. The molecule has 1 aliphatic rings. The van der Waals surface area contributed by atoms with Gasteiger partial charge in [0, 0.05) is 19.6 Å². The van der Waals surface area contributed by atoms with E-state index in [1.54, 1.807) is 0 Å². The van der Waals surface area contributed by atoms with Crippen molar-refractivity contribution < 1.29 is 9.59 Å². The Kier molecular flexibility index (Phi) is 8.74. The molecular formula is C13H22N2O2. The maximum Gasteiger partial charge on any atom is 0.245 e. The van der Waals surface area contributed by atoms with E-state index < -0.39 is 0 Å². The molecule has 1 N–H and O–H groups in total. The van der Waals surface area contributed by atoms with Crippen LogP contribution in [0.4, 0.5) is 0 Å². The van der Waals surface area contributed by atoms with Crippen LogP contribution in [-0.4, -0.2) is 36.3 Å². The van der Waals surface area contributed by atoms with Crippen LogP contribution in [0.2, 0.25) is 0 Å². The van der Waals surface area contributed by atoms with Crippen LogP contribution >= 0.6 is 0 Å². The molecule has 17 heavy (non-hydrogen) atoms. The van der Waals surface area contributed by atoms with Gasteiger partial charge in [-0.25, -0.2) is 0 Å². The number of rotatable bonds is 3. The number of likely N-dealkylation sites (tertiary alicyclic amines) is 1. The van der Waals surface area contributed by atoms with Gasteiger partial charge in [-0.2, -0.15) is 0 Å². The van der Waals surface area contributed by atoms with Crippen LogP contribution in [0.5, 0.6) is 0 Å². The summed E-state index contributed by atoms with van der Waals surface area (Å²) in [7, 11) is 0. The SMILES string of the molecule is C=CC(=O)N1CCCCC1.C=CC(=O)NCC. The number of carbonyl (C=O) groups excluding carboxylic acids is 2. The number of hydrogen-bond acceptors (Lipinski definition) is 2. The third-order valence-electron chi connectivity index (χ3n) is 2.38. The van der Waals surface area contributed by atoms with Gasteiger partial charge in [-0.05, 0) is 38.3 Å². The van der Waals surface area contributed by atoms with Crippen molar-refractivity contribution in [3.63, 3.8) is 0 Å². The quantitative estimate of drug-likeness (QED) is 0.757.